The van der Waals surface area contributed by atoms with E-state index in [-0.39, 0.29) is 5.28 Å². The first-order valence-corrected chi connectivity index (χ1v) is 10.9. The first kappa shape index (κ1) is 19.4. The molecule has 0 amide bonds. The second-order valence-electron chi connectivity index (χ2n) is 7.86. The Labute approximate surface area is 175 Å². The highest BCUT2D eigenvalue weighted by molar-refractivity contribution is 6.28. The number of imidazole rings is 1. The third-order valence-electron chi connectivity index (χ3n) is 6.12. The highest BCUT2D eigenvalue weighted by Gasteiger charge is 2.33. The van der Waals surface area contributed by atoms with Crippen LogP contribution in [-0.4, -0.2) is 101 Å². The number of ether oxygens (including phenoxy) is 2. The molecule has 3 aliphatic rings. The fourth-order valence-electron chi connectivity index (χ4n) is 4.50. The Kier molecular flexibility index (Phi) is 5.57. The van der Waals surface area contributed by atoms with Crippen LogP contribution in [0.3, 0.4) is 0 Å². The summed E-state index contributed by atoms with van der Waals surface area (Å²) >= 11 is 6.28. The summed E-state index contributed by atoms with van der Waals surface area (Å²) in [5.41, 5.74) is 1.67. The van der Waals surface area contributed by atoms with E-state index >= 15 is 0 Å². The van der Waals surface area contributed by atoms with E-state index < -0.39 is 0 Å². The van der Waals surface area contributed by atoms with Gasteiger partial charge in [0.1, 0.15) is 5.82 Å². The lowest BCUT2D eigenvalue weighted by Gasteiger charge is -2.46. The molecule has 3 fully saturated rings. The standard InChI is InChI=1S/C19H28ClN7O2/c1-2-27-15(13-24-11-14(12-24)25-3-7-28-8-4-25)21-16-17(22-19(20)23-18(16)27)26-5-9-29-10-6-26/h14H,2-13H2,1H3. The number of rotatable bonds is 5. The smallest absolute Gasteiger partial charge is 0.226 e. The number of nitrogens with zero attached hydrogens (tertiary/aromatic N) is 7. The first-order valence-electron chi connectivity index (χ1n) is 10.5. The number of halogens is 1. The Morgan fingerprint density at radius 1 is 0.966 bits per heavy atom. The Morgan fingerprint density at radius 2 is 1.66 bits per heavy atom. The Morgan fingerprint density at radius 3 is 2.34 bits per heavy atom. The lowest BCUT2D eigenvalue weighted by atomic mass is 10.1. The van der Waals surface area contributed by atoms with E-state index in [2.05, 4.69) is 36.2 Å². The van der Waals surface area contributed by atoms with Gasteiger partial charge >= 0.3 is 0 Å². The Balaban J connectivity index is 1.36. The predicted molar refractivity (Wildman–Crippen MR) is 110 cm³/mol. The molecule has 0 unspecified atom stereocenters. The van der Waals surface area contributed by atoms with E-state index in [1.807, 2.05) is 0 Å². The maximum absolute atomic E-state index is 6.28. The quantitative estimate of drug-likeness (QED) is 0.658. The van der Waals surface area contributed by atoms with Crippen molar-refractivity contribution >= 4 is 28.6 Å². The molecule has 0 radical (unpaired) electrons. The van der Waals surface area contributed by atoms with E-state index in [1.54, 1.807) is 0 Å². The summed E-state index contributed by atoms with van der Waals surface area (Å²) in [6.07, 6.45) is 0. The van der Waals surface area contributed by atoms with Crippen LogP contribution in [0.4, 0.5) is 5.82 Å². The maximum Gasteiger partial charge on any atom is 0.226 e. The molecule has 3 saturated heterocycles. The van der Waals surface area contributed by atoms with Crippen LogP contribution < -0.4 is 4.90 Å². The van der Waals surface area contributed by atoms with E-state index in [9.17, 15) is 0 Å². The van der Waals surface area contributed by atoms with Crippen LogP contribution in [0.1, 0.15) is 12.7 Å². The number of hydrogen-bond acceptors (Lipinski definition) is 8. The topological polar surface area (TPSA) is 71.8 Å². The van der Waals surface area contributed by atoms with E-state index in [4.69, 9.17) is 26.1 Å². The zero-order valence-corrected chi connectivity index (χ0v) is 17.6. The summed E-state index contributed by atoms with van der Waals surface area (Å²) in [5, 5.41) is 0.275. The van der Waals surface area contributed by atoms with Crippen molar-refractivity contribution in [2.24, 2.45) is 0 Å². The molecule has 0 saturated carbocycles. The molecule has 10 heteroatoms. The number of anilines is 1. The fraction of sp³-hybridized carbons (Fsp3) is 0.737. The first-order chi connectivity index (χ1) is 14.2. The van der Waals surface area contributed by atoms with Gasteiger partial charge in [-0.3, -0.25) is 9.80 Å². The molecule has 9 nitrogen and oxygen atoms in total. The van der Waals surface area contributed by atoms with Gasteiger partial charge in [-0.05, 0) is 18.5 Å². The molecule has 5 heterocycles. The monoisotopic (exact) mass is 421 g/mol. The number of aromatic nitrogens is 4. The molecular formula is C19H28ClN7O2. The summed E-state index contributed by atoms with van der Waals surface area (Å²) in [7, 11) is 0. The molecule has 0 spiro atoms. The molecule has 5 rings (SSSR count). The molecule has 0 aliphatic carbocycles. The van der Waals surface area contributed by atoms with Crippen LogP contribution in [0.25, 0.3) is 11.2 Å². The largest absolute Gasteiger partial charge is 0.379 e. The molecule has 2 aromatic rings. The van der Waals surface area contributed by atoms with Gasteiger partial charge in [0.25, 0.3) is 0 Å². The second kappa shape index (κ2) is 8.31. The van der Waals surface area contributed by atoms with E-state index in [1.165, 1.54) is 0 Å². The third kappa shape index (κ3) is 3.82. The summed E-state index contributed by atoms with van der Waals surface area (Å²) in [4.78, 5) is 21.2. The Bertz CT molecular complexity index is 858. The summed E-state index contributed by atoms with van der Waals surface area (Å²) in [6, 6.07) is 0.636. The van der Waals surface area contributed by atoms with Crippen molar-refractivity contribution in [3.8, 4) is 0 Å². The van der Waals surface area contributed by atoms with Gasteiger partial charge in [0.2, 0.25) is 5.28 Å². The molecule has 3 aliphatic heterocycles. The molecule has 0 atom stereocenters. The third-order valence-corrected chi connectivity index (χ3v) is 6.29. The molecule has 158 valence electrons. The van der Waals surface area contributed by atoms with Crippen molar-refractivity contribution in [3.05, 3.63) is 11.1 Å². The summed E-state index contributed by atoms with van der Waals surface area (Å²) in [5.74, 6) is 1.86. The van der Waals surface area contributed by atoms with E-state index in [0.29, 0.717) is 19.3 Å². The van der Waals surface area contributed by atoms with Crippen LogP contribution in [0.5, 0.6) is 0 Å². The van der Waals surface area contributed by atoms with Crippen LogP contribution in [0.15, 0.2) is 0 Å². The highest BCUT2D eigenvalue weighted by atomic mass is 35.5. The van der Waals surface area contributed by atoms with Crippen molar-refractivity contribution in [1.82, 2.24) is 29.3 Å². The molecule has 0 bridgehead atoms. The lowest BCUT2D eigenvalue weighted by Crippen LogP contribution is -2.61. The number of fused-ring (bicyclic) bond motifs is 1. The molecule has 0 aromatic carbocycles. The zero-order valence-electron chi connectivity index (χ0n) is 16.9. The van der Waals surface area contributed by atoms with Crippen LogP contribution in [0, 0.1) is 0 Å². The van der Waals surface area contributed by atoms with Gasteiger partial charge in [-0.15, -0.1) is 0 Å². The summed E-state index contributed by atoms with van der Waals surface area (Å²) < 4.78 is 13.1. The number of morpholine rings is 2. The van der Waals surface area contributed by atoms with Crippen molar-refractivity contribution in [1.29, 1.82) is 0 Å². The van der Waals surface area contributed by atoms with Gasteiger partial charge in [0, 0.05) is 51.9 Å². The van der Waals surface area contributed by atoms with Gasteiger partial charge in [-0.2, -0.15) is 9.97 Å². The van der Waals surface area contributed by atoms with Crippen LogP contribution >= 0.6 is 11.6 Å². The Hall–Kier alpha value is -1.52. The SMILES string of the molecule is CCn1c(CN2CC(N3CCOCC3)C2)nc2c(N3CCOCC3)nc(Cl)nc21. The average molecular weight is 422 g/mol. The number of aryl methyl sites for hydroxylation is 1. The minimum absolute atomic E-state index is 0.275. The van der Waals surface area contributed by atoms with Crippen LogP contribution in [-0.2, 0) is 22.6 Å². The molecular weight excluding hydrogens is 394 g/mol. The average Bonchev–Trinajstić information content (AvgIpc) is 3.08. The van der Waals surface area contributed by atoms with Crippen molar-refractivity contribution < 1.29 is 9.47 Å². The lowest BCUT2D eigenvalue weighted by molar-refractivity contribution is -0.0352. The normalized spacial score (nSPS) is 22.3. The number of hydrogen-bond donors (Lipinski definition) is 0. The maximum atomic E-state index is 6.28. The second-order valence-corrected chi connectivity index (χ2v) is 8.19. The number of likely N-dealkylation sites (tertiary alicyclic amines) is 1. The zero-order chi connectivity index (χ0) is 19.8. The van der Waals surface area contributed by atoms with Gasteiger partial charge in [-0.25, -0.2) is 4.98 Å². The van der Waals surface area contributed by atoms with Gasteiger partial charge in [0.15, 0.2) is 17.0 Å². The highest BCUT2D eigenvalue weighted by Crippen LogP contribution is 2.28. The minimum Gasteiger partial charge on any atom is -0.379 e. The van der Waals surface area contributed by atoms with Gasteiger partial charge < -0.3 is 18.9 Å². The molecule has 29 heavy (non-hydrogen) atoms. The van der Waals surface area contributed by atoms with Gasteiger partial charge in [0.05, 0.1) is 33.0 Å². The van der Waals surface area contributed by atoms with Crippen LogP contribution in [0.2, 0.25) is 5.28 Å². The molecule has 2 aromatic heterocycles. The van der Waals surface area contributed by atoms with E-state index in [0.717, 1.165) is 88.4 Å². The summed E-state index contributed by atoms with van der Waals surface area (Å²) in [6.45, 7) is 12.7. The molecule has 0 N–H and O–H groups in total. The van der Waals surface area contributed by atoms with Crippen molar-refractivity contribution in [3.63, 3.8) is 0 Å². The van der Waals surface area contributed by atoms with Gasteiger partial charge in [-0.1, -0.05) is 0 Å². The fourth-order valence-corrected chi connectivity index (χ4v) is 4.66. The minimum atomic E-state index is 0.275. The van der Waals surface area contributed by atoms with Crippen molar-refractivity contribution in [2.75, 3.05) is 70.6 Å². The van der Waals surface area contributed by atoms with Crippen molar-refractivity contribution in [2.45, 2.75) is 26.1 Å². The predicted octanol–water partition coefficient (Wildman–Crippen LogP) is 0.853.